The summed E-state index contributed by atoms with van der Waals surface area (Å²) in [5.74, 6) is 0.627. The van der Waals surface area contributed by atoms with Gasteiger partial charge >= 0.3 is 0 Å². The van der Waals surface area contributed by atoms with Gasteiger partial charge in [0.1, 0.15) is 5.69 Å². The van der Waals surface area contributed by atoms with E-state index in [2.05, 4.69) is 10.5 Å². The molecule has 1 atom stereocenters. The molecule has 1 N–H and O–H groups in total. The van der Waals surface area contributed by atoms with E-state index in [1.165, 1.54) is 11.8 Å². The van der Waals surface area contributed by atoms with E-state index in [1.807, 2.05) is 42.5 Å². The van der Waals surface area contributed by atoms with Gasteiger partial charge < -0.3 is 19.6 Å². The lowest BCUT2D eigenvalue weighted by atomic mass is 10.0. The first kappa shape index (κ1) is 21.2. The van der Waals surface area contributed by atoms with E-state index < -0.39 is 12.0 Å². The highest BCUT2D eigenvalue weighted by atomic mass is 16.6. The number of rotatable bonds is 6. The number of hydrogen-bond acceptors (Lipinski definition) is 6. The molecule has 1 aliphatic heterocycles. The predicted octanol–water partition coefficient (Wildman–Crippen LogP) is 2.63. The minimum atomic E-state index is -0.870. The van der Waals surface area contributed by atoms with Gasteiger partial charge in [0.05, 0.1) is 31.3 Å². The minimum absolute atomic E-state index is 0.206. The number of carbonyl (C=O) groups excluding carboxylic acids is 1. The van der Waals surface area contributed by atoms with Gasteiger partial charge in [0, 0.05) is 19.0 Å². The number of methoxy groups -OCH3 is 2. The molecular formula is C23H24N4O5. The summed E-state index contributed by atoms with van der Waals surface area (Å²) in [5.41, 5.74) is 2.46. The van der Waals surface area contributed by atoms with Gasteiger partial charge in [0.15, 0.2) is 11.5 Å². The summed E-state index contributed by atoms with van der Waals surface area (Å²) in [4.78, 5) is 31.3. The molecule has 0 bridgehead atoms. The Balaban J connectivity index is 1.55. The van der Waals surface area contributed by atoms with E-state index in [9.17, 15) is 9.59 Å². The Labute approximate surface area is 184 Å². The van der Waals surface area contributed by atoms with E-state index in [4.69, 9.17) is 14.3 Å². The van der Waals surface area contributed by atoms with Crippen LogP contribution in [-0.2, 0) is 16.7 Å². The lowest BCUT2D eigenvalue weighted by molar-refractivity contribution is -0.125. The van der Waals surface area contributed by atoms with E-state index in [0.29, 0.717) is 34.2 Å². The van der Waals surface area contributed by atoms with Gasteiger partial charge in [0.2, 0.25) is 6.10 Å². The van der Waals surface area contributed by atoms with Crippen molar-refractivity contribution in [2.45, 2.75) is 19.4 Å². The number of nitrogens with one attached hydrogen (secondary N) is 1. The number of carbonyl (C=O) groups is 1. The van der Waals surface area contributed by atoms with Crippen molar-refractivity contribution in [1.29, 1.82) is 0 Å². The third kappa shape index (κ3) is 3.62. The number of oxime groups is 1. The maximum absolute atomic E-state index is 13.0. The maximum atomic E-state index is 13.0. The fourth-order valence-electron chi connectivity index (χ4n) is 3.71. The standard InChI is InChI=1S/C23H24N4O5/c1-14-20(23(29)27(26(14)2)15-9-6-5-7-10-15)24-22(28)19-13-17(25-32-19)16-11-8-12-18(30-3)21(16)31-4/h5-12,19H,13H2,1-4H3,(H,24,28)/t19-/m0/s1. The molecule has 1 amide bonds. The number of anilines is 1. The van der Waals surface area contributed by atoms with Crippen LogP contribution in [-0.4, -0.2) is 41.3 Å². The lowest BCUT2D eigenvalue weighted by Crippen LogP contribution is -2.30. The van der Waals surface area contributed by atoms with Crippen LogP contribution in [0.4, 0.5) is 5.69 Å². The first-order valence-corrected chi connectivity index (χ1v) is 10.0. The SMILES string of the molecule is COc1cccc(C2=NO[C@H](C(=O)Nc3c(C)n(C)n(-c4ccccc4)c3=O)C2)c1OC. The van der Waals surface area contributed by atoms with Crippen molar-refractivity contribution in [1.82, 2.24) is 9.36 Å². The molecule has 4 rings (SSSR count). The summed E-state index contributed by atoms with van der Waals surface area (Å²) in [6, 6.07) is 14.6. The van der Waals surface area contributed by atoms with Crippen LogP contribution < -0.4 is 20.3 Å². The van der Waals surface area contributed by atoms with Gasteiger partial charge in [-0.3, -0.25) is 14.3 Å². The Kier molecular flexibility index (Phi) is 5.72. The van der Waals surface area contributed by atoms with Crippen molar-refractivity contribution in [3.63, 3.8) is 0 Å². The molecule has 0 fully saturated rings. The predicted molar refractivity (Wildman–Crippen MR) is 120 cm³/mol. The van der Waals surface area contributed by atoms with Crippen LogP contribution in [0.3, 0.4) is 0 Å². The summed E-state index contributed by atoms with van der Waals surface area (Å²) < 4.78 is 14.0. The van der Waals surface area contributed by atoms with Gasteiger partial charge in [-0.2, -0.15) is 0 Å². The first-order chi connectivity index (χ1) is 15.5. The van der Waals surface area contributed by atoms with Crippen LogP contribution >= 0.6 is 0 Å². The lowest BCUT2D eigenvalue weighted by Gasteiger charge is -2.12. The van der Waals surface area contributed by atoms with E-state index in [-0.39, 0.29) is 17.7 Å². The van der Waals surface area contributed by atoms with Crippen LogP contribution in [0.15, 0.2) is 58.5 Å². The van der Waals surface area contributed by atoms with Crippen LogP contribution in [0.25, 0.3) is 5.69 Å². The van der Waals surface area contributed by atoms with Crippen molar-refractivity contribution in [3.05, 3.63) is 70.1 Å². The number of hydrogen-bond donors (Lipinski definition) is 1. The van der Waals surface area contributed by atoms with Crippen molar-refractivity contribution in [3.8, 4) is 17.2 Å². The van der Waals surface area contributed by atoms with E-state index in [0.717, 1.165) is 0 Å². The Hall–Kier alpha value is -4.01. The molecule has 32 heavy (non-hydrogen) atoms. The van der Waals surface area contributed by atoms with Crippen molar-refractivity contribution >= 4 is 17.3 Å². The smallest absolute Gasteiger partial charge is 0.295 e. The molecule has 166 valence electrons. The molecule has 0 unspecified atom stereocenters. The fraction of sp³-hybridized carbons (Fsp3) is 0.261. The van der Waals surface area contributed by atoms with Crippen molar-refractivity contribution in [2.24, 2.45) is 12.2 Å². The zero-order valence-corrected chi connectivity index (χ0v) is 18.3. The molecule has 0 spiro atoms. The highest BCUT2D eigenvalue weighted by Crippen LogP contribution is 2.33. The number of amides is 1. The van der Waals surface area contributed by atoms with Crippen LogP contribution in [0, 0.1) is 6.92 Å². The maximum Gasteiger partial charge on any atom is 0.295 e. The molecule has 1 aliphatic rings. The highest BCUT2D eigenvalue weighted by molar-refractivity contribution is 6.08. The fourth-order valence-corrected chi connectivity index (χ4v) is 3.71. The summed E-state index contributed by atoms with van der Waals surface area (Å²) >= 11 is 0. The second kappa shape index (κ2) is 8.62. The number of aromatic nitrogens is 2. The van der Waals surface area contributed by atoms with Gasteiger partial charge in [-0.15, -0.1) is 0 Å². The second-order valence-corrected chi connectivity index (χ2v) is 7.30. The molecule has 9 heteroatoms. The summed E-state index contributed by atoms with van der Waals surface area (Å²) in [7, 11) is 4.86. The van der Waals surface area contributed by atoms with Crippen LogP contribution in [0.2, 0.25) is 0 Å². The minimum Gasteiger partial charge on any atom is -0.493 e. The largest absolute Gasteiger partial charge is 0.493 e. The highest BCUT2D eigenvalue weighted by Gasteiger charge is 2.32. The normalized spacial score (nSPS) is 15.1. The molecule has 3 aromatic rings. The van der Waals surface area contributed by atoms with Crippen LogP contribution in [0.1, 0.15) is 17.7 Å². The van der Waals surface area contributed by atoms with E-state index >= 15 is 0 Å². The zero-order chi connectivity index (χ0) is 22.8. The zero-order valence-electron chi connectivity index (χ0n) is 18.3. The third-order valence-corrected chi connectivity index (χ3v) is 5.48. The Bertz CT molecular complexity index is 1240. The van der Waals surface area contributed by atoms with E-state index in [1.54, 1.807) is 31.8 Å². The van der Waals surface area contributed by atoms with Gasteiger partial charge in [-0.05, 0) is 31.2 Å². The molecule has 0 radical (unpaired) electrons. The molecule has 9 nitrogen and oxygen atoms in total. The van der Waals surface area contributed by atoms with Crippen LogP contribution in [0.5, 0.6) is 11.5 Å². The molecule has 2 aromatic carbocycles. The Morgan fingerprint density at radius 1 is 1.12 bits per heavy atom. The topological polar surface area (TPSA) is 96.1 Å². The molecular weight excluding hydrogens is 412 g/mol. The number of benzene rings is 2. The van der Waals surface area contributed by atoms with Crippen molar-refractivity contribution in [2.75, 3.05) is 19.5 Å². The quantitative estimate of drug-likeness (QED) is 0.641. The average Bonchev–Trinajstić information content (AvgIpc) is 3.39. The monoisotopic (exact) mass is 436 g/mol. The number of ether oxygens (including phenoxy) is 2. The number of para-hydroxylation sites is 2. The summed E-state index contributed by atoms with van der Waals surface area (Å²) in [6.45, 7) is 1.77. The second-order valence-electron chi connectivity index (χ2n) is 7.30. The molecule has 2 heterocycles. The van der Waals surface area contributed by atoms with Gasteiger partial charge in [0.25, 0.3) is 11.5 Å². The Morgan fingerprint density at radius 3 is 2.56 bits per heavy atom. The summed E-state index contributed by atoms with van der Waals surface area (Å²) in [6.07, 6.45) is -0.640. The molecule has 1 aromatic heterocycles. The number of nitrogens with zero attached hydrogens (tertiary/aromatic N) is 3. The Morgan fingerprint density at radius 2 is 1.88 bits per heavy atom. The molecule has 0 saturated heterocycles. The molecule has 0 saturated carbocycles. The third-order valence-electron chi connectivity index (χ3n) is 5.48. The van der Waals surface area contributed by atoms with Crippen molar-refractivity contribution < 1.29 is 19.1 Å². The summed E-state index contributed by atoms with van der Waals surface area (Å²) in [5, 5.41) is 6.81. The first-order valence-electron chi connectivity index (χ1n) is 10.0. The van der Waals surface area contributed by atoms with Gasteiger partial charge in [-0.1, -0.05) is 29.4 Å². The average molecular weight is 436 g/mol. The van der Waals surface area contributed by atoms with Gasteiger partial charge in [-0.25, -0.2) is 4.68 Å². The molecule has 0 aliphatic carbocycles.